The Labute approximate surface area is 119 Å². The Morgan fingerprint density at radius 3 is 2.55 bits per heavy atom. The second-order valence-corrected chi connectivity index (χ2v) is 5.50. The first-order valence-electron chi connectivity index (χ1n) is 7.03. The summed E-state index contributed by atoms with van der Waals surface area (Å²) < 4.78 is 12.9. The average Bonchev–Trinajstić information content (AvgIpc) is 2.46. The molecule has 1 atom stereocenters. The number of nitriles is 1. The molecule has 1 unspecified atom stereocenters. The van der Waals surface area contributed by atoms with Crippen LogP contribution in [0.2, 0.25) is 0 Å². The molecular formula is C16H19FN2O. The third-order valence-corrected chi connectivity index (χ3v) is 3.94. The summed E-state index contributed by atoms with van der Waals surface area (Å²) in [7, 11) is 0. The minimum Gasteiger partial charge on any atom is -0.343 e. The van der Waals surface area contributed by atoms with E-state index in [4.69, 9.17) is 0 Å². The minimum absolute atomic E-state index is 0.0211. The zero-order valence-corrected chi connectivity index (χ0v) is 11.7. The lowest BCUT2D eigenvalue weighted by Gasteiger charge is -2.30. The van der Waals surface area contributed by atoms with Crippen LogP contribution in [0.15, 0.2) is 24.3 Å². The van der Waals surface area contributed by atoms with E-state index in [9.17, 15) is 14.4 Å². The molecule has 0 bridgehead atoms. The molecule has 1 amide bonds. The highest BCUT2D eigenvalue weighted by molar-refractivity contribution is 5.77. The Hall–Kier alpha value is -1.89. The molecule has 1 heterocycles. The van der Waals surface area contributed by atoms with Gasteiger partial charge in [0.25, 0.3) is 0 Å². The number of likely N-dealkylation sites (tertiary alicyclic amines) is 1. The summed E-state index contributed by atoms with van der Waals surface area (Å²) in [6.07, 6.45) is 2.23. The van der Waals surface area contributed by atoms with Crippen LogP contribution < -0.4 is 0 Å². The standard InChI is InChI=1S/C16H19FN2O/c1-12-6-8-19(9-7-12)16(20)10-14(11-18)13-2-4-15(17)5-3-13/h2-5,12,14H,6-10H2,1H3. The van der Waals surface area contributed by atoms with Crippen molar-refractivity contribution < 1.29 is 9.18 Å². The molecular weight excluding hydrogens is 255 g/mol. The van der Waals surface area contributed by atoms with Crippen molar-refractivity contribution in [2.75, 3.05) is 13.1 Å². The Balaban J connectivity index is 1.98. The maximum Gasteiger partial charge on any atom is 0.224 e. The molecule has 0 radical (unpaired) electrons. The van der Waals surface area contributed by atoms with Crippen molar-refractivity contribution in [3.05, 3.63) is 35.6 Å². The highest BCUT2D eigenvalue weighted by atomic mass is 19.1. The molecule has 2 rings (SSSR count). The van der Waals surface area contributed by atoms with Crippen LogP contribution in [0.1, 0.15) is 37.7 Å². The van der Waals surface area contributed by atoms with Crippen molar-refractivity contribution in [1.82, 2.24) is 4.90 Å². The van der Waals surface area contributed by atoms with Gasteiger partial charge in [0.05, 0.1) is 12.0 Å². The summed E-state index contributed by atoms with van der Waals surface area (Å²) in [5.41, 5.74) is 0.702. The smallest absolute Gasteiger partial charge is 0.224 e. The molecule has 0 aliphatic carbocycles. The van der Waals surface area contributed by atoms with Gasteiger partial charge in [0.2, 0.25) is 5.91 Å². The van der Waals surface area contributed by atoms with E-state index < -0.39 is 5.92 Å². The van der Waals surface area contributed by atoms with Gasteiger partial charge in [-0.3, -0.25) is 4.79 Å². The number of piperidine rings is 1. The van der Waals surface area contributed by atoms with Crippen molar-refractivity contribution in [3.63, 3.8) is 0 Å². The molecule has 3 nitrogen and oxygen atoms in total. The Morgan fingerprint density at radius 2 is 2.00 bits per heavy atom. The Kier molecular flexibility index (Phi) is 4.73. The molecule has 20 heavy (non-hydrogen) atoms. The summed E-state index contributed by atoms with van der Waals surface area (Å²) in [6.45, 7) is 3.75. The number of rotatable bonds is 3. The highest BCUT2D eigenvalue weighted by Crippen LogP contribution is 2.23. The molecule has 4 heteroatoms. The first-order valence-corrected chi connectivity index (χ1v) is 7.03. The van der Waals surface area contributed by atoms with Crippen LogP contribution in [0.5, 0.6) is 0 Å². The number of halogens is 1. The second-order valence-electron chi connectivity index (χ2n) is 5.50. The van der Waals surface area contributed by atoms with E-state index in [1.165, 1.54) is 12.1 Å². The van der Waals surface area contributed by atoms with Crippen LogP contribution in [-0.4, -0.2) is 23.9 Å². The number of nitrogens with zero attached hydrogens (tertiary/aromatic N) is 2. The van der Waals surface area contributed by atoms with E-state index in [-0.39, 0.29) is 18.1 Å². The molecule has 1 saturated heterocycles. The lowest BCUT2D eigenvalue weighted by molar-refractivity contribution is -0.132. The van der Waals surface area contributed by atoms with Gasteiger partial charge in [-0.15, -0.1) is 0 Å². The van der Waals surface area contributed by atoms with Gasteiger partial charge in [-0.2, -0.15) is 5.26 Å². The maximum absolute atomic E-state index is 12.9. The Bertz CT molecular complexity index is 498. The number of amides is 1. The molecule has 0 N–H and O–H groups in total. The normalized spacial score (nSPS) is 17.6. The minimum atomic E-state index is -0.498. The van der Waals surface area contributed by atoms with Crippen molar-refractivity contribution in [2.45, 2.75) is 32.1 Å². The van der Waals surface area contributed by atoms with Crippen LogP contribution in [0, 0.1) is 23.1 Å². The summed E-state index contributed by atoms with van der Waals surface area (Å²) >= 11 is 0. The first-order chi connectivity index (χ1) is 9.60. The first kappa shape index (κ1) is 14.5. The van der Waals surface area contributed by atoms with Crippen molar-refractivity contribution in [2.24, 2.45) is 5.92 Å². The van der Waals surface area contributed by atoms with E-state index in [0.29, 0.717) is 11.5 Å². The van der Waals surface area contributed by atoms with Gasteiger partial charge < -0.3 is 4.90 Å². The van der Waals surface area contributed by atoms with Gasteiger partial charge in [0.1, 0.15) is 5.82 Å². The van der Waals surface area contributed by atoms with E-state index in [1.54, 1.807) is 12.1 Å². The molecule has 0 saturated carbocycles. The fraction of sp³-hybridized carbons (Fsp3) is 0.500. The van der Waals surface area contributed by atoms with Crippen molar-refractivity contribution in [3.8, 4) is 6.07 Å². The summed E-state index contributed by atoms with van der Waals surface area (Å²) in [5.74, 6) is -0.139. The SMILES string of the molecule is CC1CCN(C(=O)CC(C#N)c2ccc(F)cc2)CC1. The zero-order chi connectivity index (χ0) is 14.5. The van der Waals surface area contributed by atoms with Gasteiger partial charge in [-0.25, -0.2) is 4.39 Å². The number of hydrogen-bond donors (Lipinski definition) is 0. The zero-order valence-electron chi connectivity index (χ0n) is 11.7. The molecule has 1 aromatic carbocycles. The van der Waals surface area contributed by atoms with Crippen molar-refractivity contribution in [1.29, 1.82) is 5.26 Å². The van der Waals surface area contributed by atoms with Crippen LogP contribution in [0.25, 0.3) is 0 Å². The molecule has 1 fully saturated rings. The van der Waals surface area contributed by atoms with E-state index >= 15 is 0 Å². The highest BCUT2D eigenvalue weighted by Gasteiger charge is 2.23. The van der Waals surface area contributed by atoms with E-state index in [1.807, 2.05) is 4.90 Å². The average molecular weight is 274 g/mol. The predicted octanol–water partition coefficient (Wildman–Crippen LogP) is 3.08. The fourth-order valence-corrected chi connectivity index (χ4v) is 2.49. The topological polar surface area (TPSA) is 44.1 Å². The number of carbonyl (C=O) groups excluding carboxylic acids is 1. The van der Waals surface area contributed by atoms with Gasteiger partial charge in [0.15, 0.2) is 0 Å². The van der Waals surface area contributed by atoms with Gasteiger partial charge in [0, 0.05) is 19.5 Å². The molecule has 1 aliphatic heterocycles. The predicted molar refractivity (Wildman–Crippen MR) is 74.3 cm³/mol. The van der Waals surface area contributed by atoms with Gasteiger partial charge in [-0.1, -0.05) is 19.1 Å². The molecule has 0 aromatic heterocycles. The molecule has 1 aliphatic rings. The summed E-state index contributed by atoms with van der Waals surface area (Å²) in [6, 6.07) is 7.96. The lowest BCUT2D eigenvalue weighted by atomic mass is 9.95. The van der Waals surface area contributed by atoms with Gasteiger partial charge >= 0.3 is 0 Å². The van der Waals surface area contributed by atoms with Crippen LogP contribution in [0.4, 0.5) is 4.39 Å². The van der Waals surface area contributed by atoms with Crippen LogP contribution in [0.3, 0.4) is 0 Å². The van der Waals surface area contributed by atoms with E-state index in [2.05, 4.69) is 13.0 Å². The maximum atomic E-state index is 12.9. The molecule has 0 spiro atoms. The number of benzene rings is 1. The molecule has 1 aromatic rings. The Morgan fingerprint density at radius 1 is 1.40 bits per heavy atom. The monoisotopic (exact) mass is 274 g/mol. The lowest BCUT2D eigenvalue weighted by Crippen LogP contribution is -2.38. The van der Waals surface area contributed by atoms with Gasteiger partial charge in [-0.05, 0) is 36.5 Å². The number of carbonyl (C=O) groups is 1. The fourth-order valence-electron chi connectivity index (χ4n) is 2.49. The third-order valence-electron chi connectivity index (χ3n) is 3.94. The molecule has 106 valence electrons. The third kappa shape index (κ3) is 3.57. The van der Waals surface area contributed by atoms with E-state index in [0.717, 1.165) is 25.9 Å². The quantitative estimate of drug-likeness (QED) is 0.850. The summed E-state index contributed by atoms with van der Waals surface area (Å²) in [4.78, 5) is 14.1. The summed E-state index contributed by atoms with van der Waals surface area (Å²) in [5, 5.41) is 9.22. The van der Waals surface area contributed by atoms with Crippen LogP contribution in [-0.2, 0) is 4.79 Å². The second kappa shape index (κ2) is 6.51. The largest absolute Gasteiger partial charge is 0.343 e. The van der Waals surface area contributed by atoms with Crippen molar-refractivity contribution >= 4 is 5.91 Å². The van der Waals surface area contributed by atoms with Crippen LogP contribution >= 0.6 is 0 Å². The number of hydrogen-bond acceptors (Lipinski definition) is 2.